The summed E-state index contributed by atoms with van der Waals surface area (Å²) in [5.41, 5.74) is 0.619. The maximum atomic E-state index is 14.0. The van der Waals surface area contributed by atoms with Crippen molar-refractivity contribution in [1.82, 2.24) is 19.6 Å². The smallest absolute Gasteiger partial charge is 0.205 e. The quantitative estimate of drug-likeness (QED) is 0.584. The average molecular weight is 441 g/mol. The summed E-state index contributed by atoms with van der Waals surface area (Å²) < 4.78 is 19.1. The molecule has 2 aromatic rings. The Morgan fingerprint density at radius 1 is 1.35 bits per heavy atom. The van der Waals surface area contributed by atoms with E-state index in [0.29, 0.717) is 12.1 Å². The molecule has 6 nitrogen and oxygen atoms in total. The third-order valence-corrected chi connectivity index (χ3v) is 5.60. The van der Waals surface area contributed by atoms with Crippen LogP contribution < -0.4 is 10.2 Å². The second-order valence-electron chi connectivity index (χ2n) is 5.96. The Hall–Kier alpha value is -1.74. The summed E-state index contributed by atoms with van der Waals surface area (Å²) in [5.74, 6) is 1.47. The number of piperazine rings is 1. The summed E-state index contributed by atoms with van der Waals surface area (Å²) in [6, 6.07) is 5.10. The van der Waals surface area contributed by atoms with E-state index in [1.807, 2.05) is 6.07 Å². The first-order valence-electron chi connectivity index (χ1n) is 8.57. The van der Waals surface area contributed by atoms with Gasteiger partial charge in [-0.05, 0) is 12.1 Å². The van der Waals surface area contributed by atoms with Crippen LogP contribution >= 0.6 is 27.5 Å². The highest BCUT2D eigenvalue weighted by Gasteiger charge is 2.22. The molecular weight excluding hydrogens is 419 g/mol. The van der Waals surface area contributed by atoms with Gasteiger partial charge < -0.3 is 15.1 Å². The number of rotatable bonds is 4. The number of aryl methyl sites for hydroxylation is 1. The van der Waals surface area contributed by atoms with Crippen molar-refractivity contribution in [2.75, 3.05) is 38.1 Å². The lowest BCUT2D eigenvalue weighted by Crippen LogP contribution is -2.52. The van der Waals surface area contributed by atoms with Gasteiger partial charge in [0, 0.05) is 67.8 Å². The van der Waals surface area contributed by atoms with Crippen LogP contribution in [-0.4, -0.2) is 53.4 Å². The van der Waals surface area contributed by atoms with Crippen LogP contribution in [0.2, 0.25) is 0 Å². The molecule has 1 fully saturated rings. The fraction of sp³-hybridized carbons (Fsp3) is 0.471. The van der Waals surface area contributed by atoms with E-state index in [9.17, 15) is 4.39 Å². The van der Waals surface area contributed by atoms with Gasteiger partial charge in [0.05, 0.1) is 0 Å². The minimum Gasteiger partial charge on any atom is -0.352 e. The molecule has 140 valence electrons. The third-order valence-electron chi connectivity index (χ3n) is 4.29. The number of nitrogens with one attached hydrogen (secondary N) is 1. The average Bonchev–Trinajstić information content (AvgIpc) is 3.13. The van der Waals surface area contributed by atoms with Gasteiger partial charge in [0.25, 0.3) is 0 Å². The molecule has 26 heavy (non-hydrogen) atoms. The van der Waals surface area contributed by atoms with Crippen LogP contribution in [0.5, 0.6) is 0 Å². The van der Waals surface area contributed by atoms with Crippen molar-refractivity contribution in [2.24, 2.45) is 4.99 Å². The Labute approximate surface area is 165 Å². The molecular formula is C17H22BrFN6S. The van der Waals surface area contributed by atoms with Crippen molar-refractivity contribution >= 4 is 38.6 Å². The minimum absolute atomic E-state index is 0.227. The first-order valence-corrected chi connectivity index (χ1v) is 10.1. The van der Waals surface area contributed by atoms with Crippen molar-refractivity contribution in [2.45, 2.75) is 19.9 Å². The highest BCUT2D eigenvalue weighted by atomic mass is 79.9. The minimum atomic E-state index is -0.227. The topological polar surface area (TPSA) is 56.7 Å². The van der Waals surface area contributed by atoms with Crippen LogP contribution in [0.3, 0.4) is 0 Å². The molecule has 0 atom stereocenters. The Balaban J connectivity index is 1.55. The zero-order chi connectivity index (χ0) is 18.5. The van der Waals surface area contributed by atoms with E-state index in [-0.39, 0.29) is 5.82 Å². The number of aromatic nitrogens is 2. The lowest BCUT2D eigenvalue weighted by atomic mass is 10.2. The molecule has 0 radical (unpaired) electrons. The normalized spacial score (nSPS) is 15.5. The van der Waals surface area contributed by atoms with Crippen molar-refractivity contribution in [3.63, 3.8) is 0 Å². The van der Waals surface area contributed by atoms with Gasteiger partial charge >= 0.3 is 0 Å². The van der Waals surface area contributed by atoms with Crippen LogP contribution in [0.1, 0.15) is 18.3 Å². The second kappa shape index (κ2) is 8.77. The van der Waals surface area contributed by atoms with Gasteiger partial charge in [-0.15, -0.1) is 0 Å². The molecule has 0 aliphatic carbocycles. The van der Waals surface area contributed by atoms with Crippen LogP contribution in [0.25, 0.3) is 0 Å². The largest absolute Gasteiger partial charge is 0.352 e. The number of nitrogens with zero attached hydrogens (tertiary/aromatic N) is 5. The molecule has 3 rings (SSSR count). The van der Waals surface area contributed by atoms with Crippen LogP contribution in [0.4, 0.5) is 9.52 Å². The summed E-state index contributed by atoms with van der Waals surface area (Å²) in [6.07, 6.45) is 0.861. The lowest BCUT2D eigenvalue weighted by Gasteiger charge is -2.36. The summed E-state index contributed by atoms with van der Waals surface area (Å²) in [4.78, 5) is 13.4. The Morgan fingerprint density at radius 2 is 2.12 bits per heavy atom. The number of anilines is 1. The van der Waals surface area contributed by atoms with E-state index in [2.05, 4.69) is 52.3 Å². The molecule has 2 heterocycles. The fourth-order valence-electron chi connectivity index (χ4n) is 2.80. The van der Waals surface area contributed by atoms with Crippen LogP contribution in [0, 0.1) is 5.82 Å². The number of halogens is 2. The van der Waals surface area contributed by atoms with Crippen molar-refractivity contribution in [1.29, 1.82) is 0 Å². The Morgan fingerprint density at radius 3 is 2.73 bits per heavy atom. The summed E-state index contributed by atoms with van der Waals surface area (Å²) in [6.45, 7) is 5.88. The predicted octanol–water partition coefficient (Wildman–Crippen LogP) is 2.90. The van der Waals surface area contributed by atoms with E-state index < -0.39 is 0 Å². The van der Waals surface area contributed by atoms with Crippen LogP contribution in [0.15, 0.2) is 27.7 Å². The second-order valence-corrected chi connectivity index (χ2v) is 7.60. The first kappa shape index (κ1) is 19.0. The van der Waals surface area contributed by atoms with Gasteiger partial charge in [0.2, 0.25) is 5.13 Å². The van der Waals surface area contributed by atoms with Gasteiger partial charge in [-0.2, -0.15) is 4.37 Å². The standard InChI is InChI=1S/C17H22BrFN6S/c1-3-15-22-17(26-23-15)25-8-6-24(7-9-25)16(20-2)21-11-12-4-5-13(18)10-14(12)19/h4-5,10H,3,6-9,11H2,1-2H3,(H,20,21). The molecule has 0 unspecified atom stereocenters. The fourth-order valence-corrected chi connectivity index (χ4v) is 3.93. The van der Waals surface area contributed by atoms with E-state index in [0.717, 1.165) is 54.0 Å². The number of hydrogen-bond donors (Lipinski definition) is 1. The molecule has 1 N–H and O–H groups in total. The molecule has 1 aliphatic rings. The molecule has 0 bridgehead atoms. The molecule has 9 heteroatoms. The Bertz CT molecular complexity index is 772. The monoisotopic (exact) mass is 440 g/mol. The SMILES string of the molecule is CCc1nsc(N2CCN(C(=NC)NCc3ccc(Br)cc3F)CC2)n1. The van der Waals surface area contributed by atoms with Crippen molar-refractivity contribution < 1.29 is 4.39 Å². The molecule has 1 aromatic carbocycles. The highest BCUT2D eigenvalue weighted by Crippen LogP contribution is 2.19. The molecule has 0 spiro atoms. The van der Waals surface area contributed by atoms with E-state index >= 15 is 0 Å². The summed E-state index contributed by atoms with van der Waals surface area (Å²) in [7, 11) is 1.75. The number of benzene rings is 1. The summed E-state index contributed by atoms with van der Waals surface area (Å²) in [5, 5.41) is 4.25. The first-order chi connectivity index (χ1) is 12.6. The van der Waals surface area contributed by atoms with Gasteiger partial charge in [0.1, 0.15) is 11.6 Å². The number of hydrogen-bond acceptors (Lipinski definition) is 5. The van der Waals surface area contributed by atoms with Gasteiger partial charge in [-0.3, -0.25) is 4.99 Å². The van der Waals surface area contributed by atoms with Crippen molar-refractivity contribution in [3.05, 3.63) is 39.9 Å². The number of guanidine groups is 1. The number of aliphatic imine (C=N–C) groups is 1. The van der Waals surface area contributed by atoms with Gasteiger partial charge in [0.15, 0.2) is 5.96 Å². The highest BCUT2D eigenvalue weighted by molar-refractivity contribution is 9.10. The lowest BCUT2D eigenvalue weighted by molar-refractivity contribution is 0.372. The van der Waals surface area contributed by atoms with E-state index in [4.69, 9.17) is 0 Å². The molecule has 1 aromatic heterocycles. The van der Waals surface area contributed by atoms with E-state index in [1.54, 1.807) is 13.1 Å². The molecule has 1 aliphatic heterocycles. The summed E-state index contributed by atoms with van der Waals surface area (Å²) >= 11 is 4.74. The zero-order valence-corrected chi connectivity index (χ0v) is 17.3. The van der Waals surface area contributed by atoms with Crippen molar-refractivity contribution in [3.8, 4) is 0 Å². The van der Waals surface area contributed by atoms with Gasteiger partial charge in [-0.25, -0.2) is 9.37 Å². The van der Waals surface area contributed by atoms with E-state index in [1.165, 1.54) is 17.6 Å². The third kappa shape index (κ3) is 4.50. The Kier molecular flexibility index (Phi) is 6.42. The zero-order valence-electron chi connectivity index (χ0n) is 14.9. The van der Waals surface area contributed by atoms with Crippen LogP contribution in [-0.2, 0) is 13.0 Å². The van der Waals surface area contributed by atoms with Gasteiger partial charge in [-0.1, -0.05) is 28.9 Å². The maximum Gasteiger partial charge on any atom is 0.205 e. The molecule has 0 saturated carbocycles. The predicted molar refractivity (Wildman–Crippen MR) is 107 cm³/mol. The maximum absolute atomic E-state index is 14.0. The molecule has 1 saturated heterocycles. The molecule has 0 amide bonds.